The fourth-order valence-corrected chi connectivity index (χ4v) is 0.642. The lowest BCUT2D eigenvalue weighted by Gasteiger charge is -2.26. The molecule has 0 rings (SSSR count). The van der Waals surface area contributed by atoms with Crippen LogP contribution in [0.5, 0.6) is 0 Å². The molecule has 0 saturated heterocycles. The molecule has 0 aromatic heterocycles. The van der Waals surface area contributed by atoms with Crippen LogP contribution >= 0.6 is 0 Å². The van der Waals surface area contributed by atoms with Crippen LogP contribution in [0.3, 0.4) is 0 Å². The summed E-state index contributed by atoms with van der Waals surface area (Å²) in [4.78, 5) is 0. The maximum absolute atomic E-state index is 8.86. The minimum Gasteiger partial charge on any atom is -0.394 e. The van der Waals surface area contributed by atoms with Crippen molar-refractivity contribution in [2.45, 2.75) is 24.5 Å². The Hall–Kier alpha value is -0.320. The van der Waals surface area contributed by atoms with Crippen molar-refractivity contribution in [3.8, 4) is 0 Å². The Morgan fingerprint density at radius 2 is 1.57 bits per heavy atom. The molecule has 14 heavy (non-hydrogen) atoms. The van der Waals surface area contributed by atoms with E-state index in [1.54, 1.807) is 0 Å². The lowest BCUT2D eigenvalue weighted by atomic mass is 10.3. The fourth-order valence-electron chi connectivity index (χ4n) is 0.642. The van der Waals surface area contributed by atoms with Crippen molar-refractivity contribution in [3.63, 3.8) is 0 Å². The van der Waals surface area contributed by atoms with Gasteiger partial charge in [-0.1, -0.05) is 0 Å². The quantitative estimate of drug-likeness (QED) is 0.221. The van der Waals surface area contributed by atoms with Crippen LogP contribution in [0.1, 0.15) is 6.42 Å². The number of aliphatic hydroxyl groups is 7. The Morgan fingerprint density at radius 1 is 1.07 bits per heavy atom. The minimum absolute atomic E-state index is 0.639. The number of hydrogen-bond acceptors (Lipinski definition) is 8. The Balaban J connectivity index is 3.95. The number of rotatable bonds is 6. The molecular weight excluding hydrogens is 200 g/mol. The lowest BCUT2D eigenvalue weighted by molar-refractivity contribution is -0.414. The monoisotopic (exact) mass is 214 g/mol. The maximum atomic E-state index is 8.86. The van der Waals surface area contributed by atoms with Crippen LogP contribution in [0.2, 0.25) is 0 Å². The van der Waals surface area contributed by atoms with Crippen LogP contribution in [0.15, 0.2) is 0 Å². The van der Waals surface area contributed by atoms with E-state index in [1.807, 2.05) is 0 Å². The van der Waals surface area contributed by atoms with E-state index in [4.69, 9.17) is 35.7 Å². The number of hydrogen-bond donors (Lipinski definition) is 7. The average Bonchev–Trinajstić information content (AvgIpc) is 1.96. The highest BCUT2D eigenvalue weighted by atomic mass is 16.8. The highest BCUT2D eigenvalue weighted by molar-refractivity contribution is 4.59. The summed E-state index contributed by atoms with van der Waals surface area (Å²) >= 11 is 0. The van der Waals surface area contributed by atoms with Gasteiger partial charge in [-0.3, -0.25) is 0 Å². The van der Waals surface area contributed by atoms with Crippen molar-refractivity contribution in [1.29, 1.82) is 0 Å². The molecule has 0 spiro atoms. The molecule has 0 bridgehead atoms. The molecule has 0 radical (unpaired) electrons. The molecule has 0 aliphatic carbocycles. The highest BCUT2D eigenvalue weighted by Crippen LogP contribution is 2.15. The van der Waals surface area contributed by atoms with Crippen molar-refractivity contribution in [3.05, 3.63) is 0 Å². The van der Waals surface area contributed by atoms with Crippen molar-refractivity contribution in [2.24, 2.45) is 0 Å². The zero-order valence-electron chi connectivity index (χ0n) is 7.24. The van der Waals surface area contributed by atoms with Gasteiger partial charge in [0.1, 0.15) is 12.5 Å². The first-order chi connectivity index (χ1) is 6.16. The second-order valence-electron chi connectivity index (χ2n) is 2.84. The summed E-state index contributed by atoms with van der Waals surface area (Å²) in [6.45, 7) is -1.29. The average molecular weight is 214 g/mol. The molecule has 86 valence electrons. The van der Waals surface area contributed by atoms with Gasteiger partial charge in [-0.2, -0.15) is 0 Å². The molecule has 7 N–H and O–H groups in total. The summed E-state index contributed by atoms with van der Waals surface area (Å²) in [7, 11) is 0. The van der Waals surface area contributed by atoms with Crippen molar-refractivity contribution in [1.82, 2.24) is 0 Å². The minimum atomic E-state index is -3.30. The van der Waals surface area contributed by atoms with Crippen molar-refractivity contribution in [2.75, 3.05) is 13.2 Å². The first-order valence-electron chi connectivity index (χ1n) is 3.71. The number of aliphatic hydroxyl groups excluding tert-OH is 2. The molecule has 1 atom stereocenters. The summed E-state index contributed by atoms with van der Waals surface area (Å²) in [5.74, 6) is -6.30. The smallest absolute Gasteiger partial charge is 0.285 e. The molecule has 0 aromatic rings. The van der Waals surface area contributed by atoms with Gasteiger partial charge in [-0.05, 0) is 0 Å². The molecule has 0 aliphatic heterocycles. The fraction of sp³-hybridized carbons (Fsp3) is 1.00. The van der Waals surface area contributed by atoms with Crippen LogP contribution in [-0.4, -0.2) is 67.0 Å². The summed E-state index contributed by atoms with van der Waals surface area (Å²) in [5.41, 5.74) is 0. The zero-order valence-corrected chi connectivity index (χ0v) is 7.24. The van der Waals surface area contributed by atoms with E-state index in [0.717, 1.165) is 0 Å². The van der Waals surface area contributed by atoms with Crippen molar-refractivity contribution < 1.29 is 40.5 Å². The van der Waals surface area contributed by atoms with Gasteiger partial charge in [0.2, 0.25) is 0 Å². The summed E-state index contributed by atoms with van der Waals surface area (Å²) in [6, 6.07) is 0. The molecule has 8 heteroatoms. The van der Waals surface area contributed by atoms with Gasteiger partial charge in [-0.25, -0.2) is 0 Å². The predicted molar refractivity (Wildman–Crippen MR) is 40.2 cm³/mol. The molecule has 0 fully saturated rings. The van der Waals surface area contributed by atoms with Gasteiger partial charge < -0.3 is 40.5 Å². The Morgan fingerprint density at radius 3 is 1.93 bits per heavy atom. The van der Waals surface area contributed by atoms with Crippen molar-refractivity contribution >= 4 is 0 Å². The topological polar surface area (TPSA) is 151 Å². The maximum Gasteiger partial charge on any atom is 0.285 e. The van der Waals surface area contributed by atoms with E-state index in [2.05, 4.69) is 4.74 Å². The van der Waals surface area contributed by atoms with Gasteiger partial charge in [0.05, 0.1) is 13.2 Å². The highest BCUT2D eigenvalue weighted by Gasteiger charge is 2.36. The molecule has 0 heterocycles. The van der Waals surface area contributed by atoms with Crippen LogP contribution < -0.4 is 0 Å². The van der Waals surface area contributed by atoms with E-state index < -0.39 is 37.7 Å². The molecule has 0 amide bonds. The van der Waals surface area contributed by atoms with Gasteiger partial charge in [0.15, 0.2) is 0 Å². The second kappa shape index (κ2) is 4.96. The SMILES string of the molecule is OCC(O)COC(O)(O)CC(O)(O)O. The van der Waals surface area contributed by atoms with E-state index in [0.29, 0.717) is 0 Å². The third-order valence-corrected chi connectivity index (χ3v) is 1.19. The molecule has 0 saturated carbocycles. The van der Waals surface area contributed by atoms with E-state index in [-0.39, 0.29) is 0 Å². The van der Waals surface area contributed by atoms with E-state index in [9.17, 15) is 0 Å². The van der Waals surface area contributed by atoms with Gasteiger partial charge in [0.25, 0.3) is 11.9 Å². The van der Waals surface area contributed by atoms with Gasteiger partial charge in [0, 0.05) is 0 Å². The first-order valence-corrected chi connectivity index (χ1v) is 3.71. The molecule has 0 aliphatic rings. The molecule has 8 nitrogen and oxygen atoms in total. The normalized spacial score (nSPS) is 15.6. The first kappa shape index (κ1) is 13.7. The predicted octanol–water partition coefficient (Wildman–Crippen LogP) is -3.98. The molecule has 0 aromatic carbocycles. The number of ether oxygens (including phenoxy) is 1. The van der Waals surface area contributed by atoms with Crippen LogP contribution in [0.25, 0.3) is 0 Å². The largest absolute Gasteiger partial charge is 0.394 e. The van der Waals surface area contributed by atoms with Crippen LogP contribution in [0.4, 0.5) is 0 Å². The second-order valence-corrected chi connectivity index (χ2v) is 2.84. The van der Waals surface area contributed by atoms with E-state index >= 15 is 0 Å². The zero-order chi connectivity index (χ0) is 11.4. The standard InChI is InChI=1S/C6H14O8/c7-1-4(8)2-14-6(12,13)3-5(9,10)11/h4,7-13H,1-3H2. The Labute approximate surface area is 79.2 Å². The van der Waals surface area contributed by atoms with E-state index in [1.165, 1.54) is 0 Å². The van der Waals surface area contributed by atoms with Crippen LogP contribution in [0, 0.1) is 0 Å². The Bertz CT molecular complexity index is 162. The summed E-state index contributed by atoms with van der Waals surface area (Å²) in [6.07, 6.45) is -2.64. The molecular formula is C6H14O8. The van der Waals surface area contributed by atoms with Gasteiger partial charge in [-0.15, -0.1) is 0 Å². The third kappa shape index (κ3) is 7.12. The lowest BCUT2D eigenvalue weighted by Crippen LogP contribution is -2.44. The Kier molecular flexibility index (Phi) is 4.84. The summed E-state index contributed by atoms with van der Waals surface area (Å²) in [5, 5.41) is 59.9. The third-order valence-electron chi connectivity index (χ3n) is 1.19. The van der Waals surface area contributed by atoms with Crippen LogP contribution in [-0.2, 0) is 4.74 Å². The summed E-state index contributed by atoms with van der Waals surface area (Å²) < 4.78 is 4.18. The molecule has 1 unspecified atom stereocenters. The van der Waals surface area contributed by atoms with Gasteiger partial charge >= 0.3 is 0 Å².